The second-order valence-electron chi connectivity index (χ2n) is 4.96. The van der Waals surface area contributed by atoms with Crippen LogP contribution in [-0.4, -0.2) is 12.3 Å². The molecule has 0 aromatic heterocycles. The van der Waals surface area contributed by atoms with Gasteiger partial charge in [-0.15, -0.1) is 0 Å². The number of hydrogen-bond donors (Lipinski definition) is 1. The highest BCUT2D eigenvalue weighted by atomic mass is 79.9. The van der Waals surface area contributed by atoms with E-state index >= 15 is 0 Å². The summed E-state index contributed by atoms with van der Waals surface area (Å²) in [6.45, 7) is 4.64. The van der Waals surface area contributed by atoms with Gasteiger partial charge in [0.1, 0.15) is 5.82 Å². The molecule has 0 saturated carbocycles. The molecule has 0 fully saturated rings. The van der Waals surface area contributed by atoms with Crippen LogP contribution in [0.25, 0.3) is 0 Å². The van der Waals surface area contributed by atoms with E-state index in [9.17, 15) is 9.18 Å². The highest BCUT2D eigenvalue weighted by Gasteiger charge is 2.19. The monoisotopic (exact) mass is 315 g/mol. The van der Waals surface area contributed by atoms with Crippen LogP contribution in [0, 0.1) is 17.7 Å². The van der Waals surface area contributed by atoms with Crippen LogP contribution in [0.2, 0.25) is 0 Å². The number of halogens is 2. The lowest BCUT2D eigenvalue weighted by atomic mass is 9.90. The molecule has 2 N–H and O–H groups in total. The average molecular weight is 316 g/mol. The molecular formula is C14H19BrFNO. The summed E-state index contributed by atoms with van der Waals surface area (Å²) in [5.74, 6) is -0.0534. The van der Waals surface area contributed by atoms with Crippen LogP contribution in [-0.2, 0) is 0 Å². The molecule has 18 heavy (non-hydrogen) atoms. The lowest BCUT2D eigenvalue weighted by Gasteiger charge is -2.16. The highest BCUT2D eigenvalue weighted by molar-refractivity contribution is 9.10. The smallest absolute Gasteiger partial charge is 0.166 e. The van der Waals surface area contributed by atoms with E-state index in [1.807, 2.05) is 0 Å². The van der Waals surface area contributed by atoms with Gasteiger partial charge < -0.3 is 5.73 Å². The fraction of sp³-hybridized carbons (Fsp3) is 0.500. The van der Waals surface area contributed by atoms with Crippen LogP contribution in [0.15, 0.2) is 22.7 Å². The Morgan fingerprint density at radius 1 is 1.44 bits per heavy atom. The third-order valence-corrected chi connectivity index (χ3v) is 3.48. The van der Waals surface area contributed by atoms with Gasteiger partial charge in [0, 0.05) is 6.42 Å². The van der Waals surface area contributed by atoms with Crippen molar-refractivity contribution in [3.05, 3.63) is 34.1 Å². The molecule has 100 valence electrons. The average Bonchev–Trinajstić information content (AvgIpc) is 2.31. The van der Waals surface area contributed by atoms with Gasteiger partial charge in [-0.05, 0) is 52.9 Å². The minimum absolute atomic E-state index is 0.121. The summed E-state index contributed by atoms with van der Waals surface area (Å²) in [6, 6.07) is 4.77. The second kappa shape index (κ2) is 7.00. The zero-order valence-electron chi connectivity index (χ0n) is 10.7. The molecule has 0 aliphatic heterocycles. The lowest BCUT2D eigenvalue weighted by molar-refractivity contribution is 0.0953. The van der Waals surface area contributed by atoms with Gasteiger partial charge >= 0.3 is 0 Å². The summed E-state index contributed by atoms with van der Waals surface area (Å²) in [4.78, 5) is 12.1. The molecule has 0 heterocycles. The molecular weight excluding hydrogens is 297 g/mol. The minimum Gasteiger partial charge on any atom is -0.330 e. The predicted molar refractivity (Wildman–Crippen MR) is 75.0 cm³/mol. The maximum absolute atomic E-state index is 13.8. The van der Waals surface area contributed by atoms with Crippen molar-refractivity contribution in [2.75, 3.05) is 6.54 Å². The third-order valence-electron chi connectivity index (χ3n) is 2.86. The van der Waals surface area contributed by atoms with Crippen LogP contribution < -0.4 is 5.73 Å². The van der Waals surface area contributed by atoms with Gasteiger partial charge in [0.15, 0.2) is 5.78 Å². The standard InChI is InChI=1S/C14H19BrFNO/c1-9(2)6-10(8-17)7-13(18)11-4-3-5-12(15)14(11)16/h3-5,9-10H,6-8,17H2,1-2H3. The molecule has 4 heteroatoms. The van der Waals surface area contributed by atoms with E-state index in [1.54, 1.807) is 12.1 Å². The number of Topliss-reactive ketones (excluding diaryl/α,β-unsaturated/α-hetero) is 1. The summed E-state index contributed by atoms with van der Waals surface area (Å²) in [6.07, 6.45) is 1.19. The van der Waals surface area contributed by atoms with Crippen molar-refractivity contribution in [2.24, 2.45) is 17.6 Å². The summed E-state index contributed by atoms with van der Waals surface area (Å²) < 4.78 is 14.1. The van der Waals surface area contributed by atoms with Gasteiger partial charge in [-0.25, -0.2) is 4.39 Å². The molecule has 0 bridgehead atoms. The van der Waals surface area contributed by atoms with Crippen LogP contribution in [0.1, 0.15) is 37.0 Å². The van der Waals surface area contributed by atoms with Crippen molar-refractivity contribution in [3.8, 4) is 0 Å². The molecule has 1 aromatic carbocycles. The van der Waals surface area contributed by atoms with Gasteiger partial charge in [-0.2, -0.15) is 0 Å². The maximum atomic E-state index is 13.8. The van der Waals surface area contributed by atoms with E-state index in [4.69, 9.17) is 5.73 Å². The Morgan fingerprint density at radius 3 is 2.67 bits per heavy atom. The Balaban J connectivity index is 2.78. The zero-order chi connectivity index (χ0) is 13.7. The lowest BCUT2D eigenvalue weighted by Crippen LogP contribution is -2.20. The van der Waals surface area contributed by atoms with Gasteiger partial charge in [0.25, 0.3) is 0 Å². The van der Waals surface area contributed by atoms with Gasteiger partial charge in [-0.3, -0.25) is 4.79 Å². The van der Waals surface area contributed by atoms with E-state index in [1.165, 1.54) is 6.07 Å². The number of rotatable bonds is 6. The molecule has 2 nitrogen and oxygen atoms in total. The number of carbonyl (C=O) groups is 1. The first-order valence-electron chi connectivity index (χ1n) is 6.13. The van der Waals surface area contributed by atoms with Crippen LogP contribution in [0.4, 0.5) is 4.39 Å². The quantitative estimate of drug-likeness (QED) is 0.812. The Bertz CT molecular complexity index is 420. The topological polar surface area (TPSA) is 43.1 Å². The molecule has 0 aliphatic rings. The molecule has 0 saturated heterocycles. The van der Waals surface area contributed by atoms with E-state index in [0.29, 0.717) is 23.4 Å². The van der Waals surface area contributed by atoms with E-state index in [0.717, 1.165) is 6.42 Å². The minimum atomic E-state index is -0.484. The maximum Gasteiger partial charge on any atom is 0.166 e. The first-order valence-corrected chi connectivity index (χ1v) is 6.92. The number of nitrogens with two attached hydrogens (primary N) is 1. The van der Waals surface area contributed by atoms with Crippen molar-refractivity contribution in [1.82, 2.24) is 0 Å². The molecule has 1 unspecified atom stereocenters. The second-order valence-corrected chi connectivity index (χ2v) is 5.81. The van der Waals surface area contributed by atoms with Crippen molar-refractivity contribution in [3.63, 3.8) is 0 Å². The molecule has 1 aromatic rings. The number of carbonyl (C=O) groups excluding carboxylic acids is 1. The van der Waals surface area contributed by atoms with E-state index < -0.39 is 5.82 Å². The fourth-order valence-electron chi connectivity index (χ4n) is 2.02. The summed E-state index contributed by atoms with van der Waals surface area (Å²) in [5.41, 5.74) is 5.81. The van der Waals surface area contributed by atoms with Crippen molar-refractivity contribution in [1.29, 1.82) is 0 Å². The van der Waals surface area contributed by atoms with Crippen LogP contribution >= 0.6 is 15.9 Å². The normalized spacial score (nSPS) is 12.8. The van der Waals surface area contributed by atoms with Crippen molar-refractivity contribution in [2.45, 2.75) is 26.7 Å². The van der Waals surface area contributed by atoms with Crippen molar-refractivity contribution < 1.29 is 9.18 Å². The van der Waals surface area contributed by atoms with E-state index in [-0.39, 0.29) is 17.3 Å². The number of ketones is 1. The Kier molecular flexibility index (Phi) is 5.96. The molecule has 1 atom stereocenters. The van der Waals surface area contributed by atoms with Crippen LogP contribution in [0.5, 0.6) is 0 Å². The van der Waals surface area contributed by atoms with Gasteiger partial charge in [-0.1, -0.05) is 19.9 Å². The zero-order valence-corrected chi connectivity index (χ0v) is 12.3. The fourth-order valence-corrected chi connectivity index (χ4v) is 2.39. The Hall–Kier alpha value is -0.740. The first kappa shape index (κ1) is 15.3. The number of hydrogen-bond acceptors (Lipinski definition) is 2. The van der Waals surface area contributed by atoms with Gasteiger partial charge in [0.05, 0.1) is 10.0 Å². The molecule has 0 amide bonds. The Morgan fingerprint density at radius 2 is 2.11 bits per heavy atom. The molecule has 0 aliphatic carbocycles. The SMILES string of the molecule is CC(C)CC(CN)CC(=O)c1cccc(Br)c1F. The van der Waals surface area contributed by atoms with Crippen LogP contribution in [0.3, 0.4) is 0 Å². The summed E-state index contributed by atoms with van der Waals surface area (Å²) in [7, 11) is 0. The van der Waals surface area contributed by atoms with Crippen molar-refractivity contribution >= 4 is 21.7 Å². The van der Waals surface area contributed by atoms with E-state index in [2.05, 4.69) is 29.8 Å². The summed E-state index contributed by atoms with van der Waals surface area (Å²) >= 11 is 3.09. The first-order chi connectivity index (χ1) is 8.45. The number of benzene rings is 1. The largest absolute Gasteiger partial charge is 0.330 e. The molecule has 0 radical (unpaired) electrons. The molecule has 1 rings (SSSR count). The predicted octanol–water partition coefficient (Wildman–Crippen LogP) is 3.78. The molecule has 0 spiro atoms. The Labute approximate surface area is 116 Å². The third kappa shape index (κ3) is 4.18. The van der Waals surface area contributed by atoms with Gasteiger partial charge in [0.2, 0.25) is 0 Å². The highest BCUT2D eigenvalue weighted by Crippen LogP contribution is 2.22. The summed E-state index contributed by atoms with van der Waals surface area (Å²) in [5, 5.41) is 0.